The molecule has 1 aromatic heterocycles. The molecule has 0 saturated heterocycles. The average Bonchev–Trinajstić information content (AvgIpc) is 2.83. The molecule has 8 heteroatoms. The second-order valence-electron chi connectivity index (χ2n) is 4.34. The van der Waals surface area contributed by atoms with Gasteiger partial charge in [0.25, 0.3) is 11.6 Å². The number of carbonyl (C=O) groups excluding carboxylic acids is 1. The normalized spacial score (nSPS) is 10.8. The van der Waals surface area contributed by atoms with Gasteiger partial charge in [-0.25, -0.2) is 5.43 Å². The van der Waals surface area contributed by atoms with Gasteiger partial charge in [0.05, 0.1) is 16.8 Å². The van der Waals surface area contributed by atoms with Crippen molar-refractivity contribution in [1.82, 2.24) is 15.2 Å². The second-order valence-corrected chi connectivity index (χ2v) is 4.34. The average molecular weight is 287 g/mol. The van der Waals surface area contributed by atoms with Crippen LogP contribution in [-0.4, -0.2) is 26.8 Å². The van der Waals surface area contributed by atoms with Crippen LogP contribution in [0.15, 0.2) is 35.6 Å². The molecule has 2 rings (SSSR count). The number of aromatic nitrogens is 2. The number of benzene rings is 1. The summed E-state index contributed by atoms with van der Waals surface area (Å²) >= 11 is 0. The number of hydrogen-bond acceptors (Lipinski definition) is 5. The molecule has 0 aliphatic carbocycles. The molecular formula is C13H13N5O3. The molecule has 1 N–H and O–H groups in total. The molecule has 2 aromatic rings. The second kappa shape index (κ2) is 5.95. The third-order valence-electron chi connectivity index (χ3n) is 2.88. The maximum absolute atomic E-state index is 11.9. The fraction of sp³-hybridized carbons (Fsp3) is 0.154. The summed E-state index contributed by atoms with van der Waals surface area (Å²) in [5.74, 6) is -0.439. The Morgan fingerprint density at radius 3 is 2.81 bits per heavy atom. The first-order chi connectivity index (χ1) is 9.99. The molecule has 0 fully saturated rings. The van der Waals surface area contributed by atoms with Gasteiger partial charge in [0.2, 0.25) is 0 Å². The van der Waals surface area contributed by atoms with E-state index in [0.29, 0.717) is 11.1 Å². The van der Waals surface area contributed by atoms with Crippen LogP contribution in [0.5, 0.6) is 0 Å². The van der Waals surface area contributed by atoms with Crippen LogP contribution in [0.1, 0.15) is 21.6 Å². The van der Waals surface area contributed by atoms with Crippen LogP contribution in [0.2, 0.25) is 0 Å². The fourth-order valence-corrected chi connectivity index (χ4v) is 1.73. The number of hydrogen-bond donors (Lipinski definition) is 1. The Hall–Kier alpha value is -3.03. The van der Waals surface area contributed by atoms with E-state index in [1.54, 1.807) is 30.9 Å². The molecular weight excluding hydrogens is 274 g/mol. The molecule has 0 radical (unpaired) electrons. The summed E-state index contributed by atoms with van der Waals surface area (Å²) in [5.41, 5.74) is 3.79. The molecule has 1 amide bonds. The van der Waals surface area contributed by atoms with E-state index in [-0.39, 0.29) is 5.69 Å². The number of nitro groups is 1. The van der Waals surface area contributed by atoms with Crippen LogP contribution in [0.3, 0.4) is 0 Å². The minimum absolute atomic E-state index is 0.0232. The third kappa shape index (κ3) is 3.30. The number of aryl methyl sites for hydroxylation is 2. The Morgan fingerprint density at radius 1 is 1.48 bits per heavy atom. The van der Waals surface area contributed by atoms with E-state index < -0.39 is 10.8 Å². The van der Waals surface area contributed by atoms with E-state index in [1.807, 2.05) is 0 Å². The lowest BCUT2D eigenvalue weighted by molar-refractivity contribution is -0.385. The van der Waals surface area contributed by atoms with Gasteiger partial charge in [0.15, 0.2) is 0 Å². The van der Waals surface area contributed by atoms with Gasteiger partial charge in [0, 0.05) is 30.4 Å². The van der Waals surface area contributed by atoms with E-state index in [2.05, 4.69) is 15.6 Å². The molecule has 8 nitrogen and oxygen atoms in total. The zero-order chi connectivity index (χ0) is 15.4. The molecule has 1 heterocycles. The molecule has 0 unspecified atom stereocenters. The summed E-state index contributed by atoms with van der Waals surface area (Å²) in [7, 11) is 1.75. The van der Waals surface area contributed by atoms with Gasteiger partial charge in [-0.1, -0.05) is 0 Å². The number of carbonyl (C=O) groups is 1. The highest BCUT2D eigenvalue weighted by Crippen LogP contribution is 2.18. The van der Waals surface area contributed by atoms with Crippen molar-refractivity contribution < 1.29 is 9.72 Å². The van der Waals surface area contributed by atoms with Gasteiger partial charge in [-0.05, 0) is 25.1 Å². The Kier molecular flexibility index (Phi) is 4.07. The highest BCUT2D eigenvalue weighted by atomic mass is 16.6. The summed E-state index contributed by atoms with van der Waals surface area (Å²) in [6, 6.07) is 5.88. The Morgan fingerprint density at radius 2 is 2.24 bits per heavy atom. The van der Waals surface area contributed by atoms with E-state index in [1.165, 1.54) is 24.4 Å². The van der Waals surface area contributed by atoms with Gasteiger partial charge in [0.1, 0.15) is 0 Å². The van der Waals surface area contributed by atoms with Crippen LogP contribution in [-0.2, 0) is 7.05 Å². The van der Waals surface area contributed by atoms with Crippen molar-refractivity contribution in [2.75, 3.05) is 0 Å². The maximum Gasteiger partial charge on any atom is 0.272 e. The SMILES string of the molecule is Cc1cc(C(=O)N/N=C\c2ccnn2C)ccc1[N+](=O)[O-]. The molecule has 21 heavy (non-hydrogen) atoms. The monoisotopic (exact) mass is 287 g/mol. The van der Waals surface area contributed by atoms with Crippen molar-refractivity contribution in [3.8, 4) is 0 Å². The van der Waals surface area contributed by atoms with Gasteiger partial charge in [-0.2, -0.15) is 10.2 Å². The first-order valence-electron chi connectivity index (χ1n) is 6.05. The van der Waals surface area contributed by atoms with E-state index in [0.717, 1.165) is 5.69 Å². The van der Waals surface area contributed by atoms with E-state index in [4.69, 9.17) is 0 Å². The first-order valence-corrected chi connectivity index (χ1v) is 6.05. The van der Waals surface area contributed by atoms with Crippen LogP contribution in [0.25, 0.3) is 0 Å². The largest absolute Gasteiger partial charge is 0.272 e. The number of nitrogens with zero attached hydrogens (tertiary/aromatic N) is 4. The topological polar surface area (TPSA) is 102 Å². The first kappa shape index (κ1) is 14.4. The summed E-state index contributed by atoms with van der Waals surface area (Å²) in [5, 5.41) is 18.5. The van der Waals surface area contributed by atoms with E-state index >= 15 is 0 Å². The van der Waals surface area contributed by atoms with Crippen LogP contribution >= 0.6 is 0 Å². The Labute approximate surface area is 120 Å². The molecule has 1 aromatic carbocycles. The fourth-order valence-electron chi connectivity index (χ4n) is 1.73. The minimum atomic E-state index is -0.489. The van der Waals surface area contributed by atoms with Crippen molar-refractivity contribution in [3.05, 3.63) is 57.4 Å². The zero-order valence-electron chi connectivity index (χ0n) is 11.5. The van der Waals surface area contributed by atoms with E-state index in [9.17, 15) is 14.9 Å². The molecule has 108 valence electrons. The molecule has 0 aliphatic rings. The van der Waals surface area contributed by atoms with Crippen molar-refractivity contribution in [2.45, 2.75) is 6.92 Å². The van der Waals surface area contributed by atoms with Crippen molar-refractivity contribution >= 4 is 17.8 Å². The highest BCUT2D eigenvalue weighted by Gasteiger charge is 2.13. The quantitative estimate of drug-likeness (QED) is 0.521. The lowest BCUT2D eigenvalue weighted by Gasteiger charge is -2.02. The van der Waals surface area contributed by atoms with Crippen LogP contribution < -0.4 is 5.43 Å². The number of rotatable bonds is 4. The molecule has 0 saturated carbocycles. The predicted molar refractivity (Wildman–Crippen MR) is 76.1 cm³/mol. The van der Waals surface area contributed by atoms with Crippen molar-refractivity contribution in [1.29, 1.82) is 0 Å². The molecule has 0 atom stereocenters. The lowest BCUT2D eigenvalue weighted by Crippen LogP contribution is -2.18. The van der Waals surface area contributed by atoms with Gasteiger partial charge in [-0.15, -0.1) is 0 Å². The van der Waals surface area contributed by atoms with Crippen molar-refractivity contribution in [3.63, 3.8) is 0 Å². The predicted octanol–water partition coefficient (Wildman–Crippen LogP) is 1.40. The maximum atomic E-state index is 11.9. The lowest BCUT2D eigenvalue weighted by atomic mass is 10.1. The molecule has 0 bridgehead atoms. The zero-order valence-corrected chi connectivity index (χ0v) is 11.5. The number of amides is 1. The number of nitro benzene ring substituents is 1. The summed E-state index contributed by atoms with van der Waals surface area (Å²) in [6.45, 7) is 1.58. The third-order valence-corrected chi connectivity index (χ3v) is 2.88. The van der Waals surface area contributed by atoms with Gasteiger partial charge in [-0.3, -0.25) is 19.6 Å². The summed E-state index contributed by atoms with van der Waals surface area (Å²) in [4.78, 5) is 22.1. The standard InChI is InChI=1S/C13H13N5O3/c1-9-7-10(3-4-12(9)18(20)21)13(19)16-14-8-11-5-6-15-17(11)2/h3-8H,1-2H3,(H,16,19)/b14-8-. The van der Waals surface area contributed by atoms with Gasteiger partial charge >= 0.3 is 0 Å². The highest BCUT2D eigenvalue weighted by molar-refractivity contribution is 5.95. The Balaban J connectivity index is 2.07. The summed E-state index contributed by atoms with van der Waals surface area (Å²) in [6.07, 6.45) is 3.08. The smallest absolute Gasteiger partial charge is 0.267 e. The van der Waals surface area contributed by atoms with Crippen LogP contribution in [0, 0.1) is 17.0 Å². The molecule has 0 spiro atoms. The van der Waals surface area contributed by atoms with Gasteiger partial charge < -0.3 is 0 Å². The molecule has 0 aliphatic heterocycles. The summed E-state index contributed by atoms with van der Waals surface area (Å²) < 4.78 is 1.60. The number of hydrazone groups is 1. The Bertz CT molecular complexity index is 720. The van der Waals surface area contributed by atoms with Crippen LogP contribution in [0.4, 0.5) is 5.69 Å². The minimum Gasteiger partial charge on any atom is -0.267 e. The number of nitrogens with one attached hydrogen (secondary N) is 1. The van der Waals surface area contributed by atoms with Crippen molar-refractivity contribution in [2.24, 2.45) is 12.1 Å².